The minimum Gasteiger partial charge on any atom is -0.469 e. The largest absolute Gasteiger partial charge is 0.469 e. The van der Waals surface area contributed by atoms with Gasteiger partial charge in [0.15, 0.2) is 0 Å². The lowest BCUT2D eigenvalue weighted by Crippen LogP contribution is -2.38. The number of carbonyl (C=O) groups excluding carboxylic acids is 1. The summed E-state index contributed by atoms with van der Waals surface area (Å²) in [5.41, 5.74) is 1.05. The zero-order valence-corrected chi connectivity index (χ0v) is 11.2. The molecule has 0 radical (unpaired) electrons. The molecule has 0 aliphatic carbocycles. The average Bonchev–Trinajstić information content (AvgIpc) is 2.41. The maximum absolute atomic E-state index is 11.5. The lowest BCUT2D eigenvalue weighted by Gasteiger charge is -2.31. The molecule has 0 aromatic carbocycles. The van der Waals surface area contributed by atoms with Gasteiger partial charge in [0.1, 0.15) is 0 Å². The molecule has 5 heteroatoms. The van der Waals surface area contributed by atoms with Crippen molar-refractivity contribution in [2.75, 3.05) is 20.2 Å². The first-order valence-corrected chi connectivity index (χ1v) is 6.47. The highest BCUT2D eigenvalue weighted by Crippen LogP contribution is 2.22. The summed E-state index contributed by atoms with van der Waals surface area (Å²) in [4.78, 5) is 17.8. The highest BCUT2D eigenvalue weighted by molar-refractivity contribution is 6.31. The number of likely N-dealkylation sites (tertiary alicyclic amines) is 1. The van der Waals surface area contributed by atoms with Crippen LogP contribution in [-0.4, -0.2) is 36.1 Å². The minimum atomic E-state index is -0.111. The van der Waals surface area contributed by atoms with Crippen LogP contribution in [0.1, 0.15) is 18.4 Å². The molecule has 1 saturated heterocycles. The molecule has 2 heterocycles. The number of rotatable bonds is 3. The molecule has 0 N–H and O–H groups in total. The highest BCUT2D eigenvalue weighted by Gasteiger charge is 2.26. The Bertz CT molecular complexity index is 425. The van der Waals surface area contributed by atoms with Gasteiger partial charge in [0.25, 0.3) is 0 Å². The standard InChI is InChI=1S/C13H17ClN2O2/c1-18-13(17)11-3-2-6-16(9-11)8-10-4-5-15-7-12(10)14/h4-5,7,11H,2-3,6,8-9H2,1H3. The normalized spacial score (nSPS) is 20.7. The summed E-state index contributed by atoms with van der Waals surface area (Å²) < 4.78 is 4.81. The molecule has 1 atom stereocenters. The summed E-state index contributed by atoms with van der Waals surface area (Å²) >= 11 is 6.09. The number of hydrogen-bond acceptors (Lipinski definition) is 4. The Balaban J connectivity index is 1.98. The van der Waals surface area contributed by atoms with Gasteiger partial charge in [0, 0.05) is 25.5 Å². The fourth-order valence-electron chi connectivity index (χ4n) is 2.33. The van der Waals surface area contributed by atoms with Crippen molar-refractivity contribution in [2.24, 2.45) is 5.92 Å². The van der Waals surface area contributed by atoms with E-state index in [0.717, 1.165) is 38.0 Å². The van der Waals surface area contributed by atoms with Gasteiger partial charge in [-0.25, -0.2) is 0 Å². The zero-order valence-electron chi connectivity index (χ0n) is 10.4. The molecule has 18 heavy (non-hydrogen) atoms. The highest BCUT2D eigenvalue weighted by atomic mass is 35.5. The Kier molecular flexibility index (Phi) is 4.55. The molecule has 1 fully saturated rings. The first-order chi connectivity index (χ1) is 8.70. The monoisotopic (exact) mass is 268 g/mol. The van der Waals surface area contributed by atoms with Crippen molar-refractivity contribution in [3.05, 3.63) is 29.0 Å². The van der Waals surface area contributed by atoms with Crippen LogP contribution in [0.4, 0.5) is 0 Å². The summed E-state index contributed by atoms with van der Waals surface area (Å²) in [5, 5.41) is 0.678. The van der Waals surface area contributed by atoms with Gasteiger partial charge in [-0.15, -0.1) is 0 Å². The Morgan fingerprint density at radius 2 is 2.50 bits per heavy atom. The number of nitrogens with zero attached hydrogens (tertiary/aromatic N) is 2. The van der Waals surface area contributed by atoms with Crippen LogP contribution in [0.15, 0.2) is 18.5 Å². The molecule has 1 aromatic heterocycles. The van der Waals surface area contributed by atoms with E-state index in [0.29, 0.717) is 5.02 Å². The van der Waals surface area contributed by atoms with Crippen LogP contribution in [0.3, 0.4) is 0 Å². The second kappa shape index (κ2) is 6.16. The molecule has 0 bridgehead atoms. The van der Waals surface area contributed by atoms with Crippen LogP contribution in [0.2, 0.25) is 5.02 Å². The van der Waals surface area contributed by atoms with Gasteiger partial charge < -0.3 is 4.74 Å². The lowest BCUT2D eigenvalue weighted by molar-refractivity contribution is -0.147. The second-order valence-corrected chi connectivity index (χ2v) is 4.97. The maximum atomic E-state index is 11.5. The van der Waals surface area contributed by atoms with Crippen LogP contribution in [-0.2, 0) is 16.1 Å². The third-order valence-corrected chi connectivity index (χ3v) is 3.63. The second-order valence-electron chi connectivity index (χ2n) is 4.56. The molecular formula is C13H17ClN2O2. The molecule has 0 saturated carbocycles. The Morgan fingerprint density at radius 3 is 3.22 bits per heavy atom. The number of piperidine rings is 1. The first-order valence-electron chi connectivity index (χ1n) is 6.09. The van der Waals surface area contributed by atoms with E-state index >= 15 is 0 Å². The number of hydrogen-bond donors (Lipinski definition) is 0. The van der Waals surface area contributed by atoms with E-state index in [1.807, 2.05) is 6.07 Å². The minimum absolute atomic E-state index is 0.00985. The molecule has 2 rings (SSSR count). The molecule has 1 unspecified atom stereocenters. The SMILES string of the molecule is COC(=O)C1CCCN(Cc2ccncc2Cl)C1. The van der Waals surface area contributed by atoms with E-state index in [2.05, 4.69) is 9.88 Å². The molecule has 98 valence electrons. The van der Waals surface area contributed by atoms with Crippen molar-refractivity contribution in [1.29, 1.82) is 0 Å². The van der Waals surface area contributed by atoms with E-state index in [1.165, 1.54) is 7.11 Å². The number of carbonyl (C=O) groups is 1. The Morgan fingerprint density at radius 1 is 1.67 bits per heavy atom. The van der Waals surface area contributed by atoms with Gasteiger partial charge in [-0.2, -0.15) is 0 Å². The predicted molar refractivity (Wildman–Crippen MR) is 69.3 cm³/mol. The van der Waals surface area contributed by atoms with Gasteiger partial charge in [-0.1, -0.05) is 11.6 Å². The molecule has 4 nitrogen and oxygen atoms in total. The van der Waals surface area contributed by atoms with Crippen molar-refractivity contribution in [2.45, 2.75) is 19.4 Å². The third-order valence-electron chi connectivity index (χ3n) is 3.29. The summed E-state index contributed by atoms with van der Waals surface area (Å²) in [6.45, 7) is 2.49. The van der Waals surface area contributed by atoms with Gasteiger partial charge >= 0.3 is 5.97 Å². The van der Waals surface area contributed by atoms with Crippen molar-refractivity contribution >= 4 is 17.6 Å². The number of esters is 1. The topological polar surface area (TPSA) is 42.4 Å². The molecule has 1 aromatic rings. The fraction of sp³-hybridized carbons (Fsp3) is 0.538. The maximum Gasteiger partial charge on any atom is 0.309 e. The lowest BCUT2D eigenvalue weighted by atomic mass is 9.98. The molecule has 0 amide bonds. The first kappa shape index (κ1) is 13.3. The van der Waals surface area contributed by atoms with Gasteiger partial charge in [-0.05, 0) is 31.0 Å². The average molecular weight is 269 g/mol. The zero-order chi connectivity index (χ0) is 13.0. The number of methoxy groups -OCH3 is 1. The number of ether oxygens (including phenoxy) is 1. The van der Waals surface area contributed by atoms with Crippen molar-refractivity contribution < 1.29 is 9.53 Å². The van der Waals surface area contributed by atoms with Gasteiger partial charge in [0.05, 0.1) is 18.1 Å². The van der Waals surface area contributed by atoms with Crippen LogP contribution in [0.5, 0.6) is 0 Å². The van der Waals surface area contributed by atoms with Crippen molar-refractivity contribution in [1.82, 2.24) is 9.88 Å². The summed E-state index contributed by atoms with van der Waals surface area (Å²) in [5.74, 6) is -0.120. The van der Waals surface area contributed by atoms with E-state index in [1.54, 1.807) is 12.4 Å². The predicted octanol–water partition coefficient (Wildman–Crippen LogP) is 2.12. The Hall–Kier alpha value is -1.13. The van der Waals surface area contributed by atoms with Crippen molar-refractivity contribution in [3.8, 4) is 0 Å². The quantitative estimate of drug-likeness (QED) is 0.788. The molecule has 1 aliphatic heterocycles. The van der Waals surface area contributed by atoms with Gasteiger partial charge in [0.2, 0.25) is 0 Å². The van der Waals surface area contributed by atoms with E-state index < -0.39 is 0 Å². The Labute approximate surface area is 112 Å². The number of aromatic nitrogens is 1. The van der Waals surface area contributed by atoms with E-state index in [9.17, 15) is 4.79 Å². The van der Waals surface area contributed by atoms with E-state index in [4.69, 9.17) is 16.3 Å². The van der Waals surface area contributed by atoms with Crippen LogP contribution >= 0.6 is 11.6 Å². The fourth-order valence-corrected chi connectivity index (χ4v) is 2.51. The summed E-state index contributed by atoms with van der Waals surface area (Å²) in [6.07, 6.45) is 5.32. The van der Waals surface area contributed by atoms with Crippen LogP contribution in [0.25, 0.3) is 0 Å². The van der Waals surface area contributed by atoms with Crippen molar-refractivity contribution in [3.63, 3.8) is 0 Å². The number of halogens is 1. The van der Waals surface area contributed by atoms with Crippen LogP contribution < -0.4 is 0 Å². The smallest absolute Gasteiger partial charge is 0.309 e. The van der Waals surface area contributed by atoms with Crippen LogP contribution in [0, 0.1) is 5.92 Å². The summed E-state index contributed by atoms with van der Waals surface area (Å²) in [6, 6.07) is 1.92. The summed E-state index contributed by atoms with van der Waals surface area (Å²) in [7, 11) is 1.45. The third kappa shape index (κ3) is 3.21. The van der Waals surface area contributed by atoms with E-state index in [-0.39, 0.29) is 11.9 Å². The molecular weight excluding hydrogens is 252 g/mol. The molecule has 0 spiro atoms. The van der Waals surface area contributed by atoms with Gasteiger partial charge in [-0.3, -0.25) is 14.7 Å². The number of pyridine rings is 1. The molecule has 1 aliphatic rings.